The molecule has 0 saturated heterocycles. The van der Waals surface area contributed by atoms with E-state index in [4.69, 9.17) is 4.98 Å². The van der Waals surface area contributed by atoms with E-state index >= 15 is 0 Å². The molecule has 1 nitrogen and oxygen atoms in total. The van der Waals surface area contributed by atoms with E-state index in [1.807, 2.05) is 17.4 Å². The molecule has 0 aliphatic rings. The quantitative estimate of drug-likeness (QED) is 0.446. The fraction of sp³-hybridized carbons (Fsp3) is 0.0500. The van der Waals surface area contributed by atoms with Gasteiger partial charge in [0, 0.05) is 10.4 Å². The Hall–Kier alpha value is -2.45. The molecular formula is C20H15NS. The lowest BCUT2D eigenvalue weighted by Gasteiger charge is -2.01. The van der Waals surface area contributed by atoms with Crippen LogP contribution in [0.5, 0.6) is 0 Å². The lowest BCUT2D eigenvalue weighted by molar-refractivity contribution is 1.38. The average molecular weight is 301 g/mol. The summed E-state index contributed by atoms with van der Waals surface area (Å²) in [5.41, 5.74) is 5.85. The van der Waals surface area contributed by atoms with Crippen LogP contribution in [0.4, 0.5) is 0 Å². The molecule has 0 saturated carbocycles. The van der Waals surface area contributed by atoms with Gasteiger partial charge in [-0.25, -0.2) is 4.98 Å². The minimum atomic E-state index is 1.04. The summed E-state index contributed by atoms with van der Waals surface area (Å²) in [5.74, 6) is 0. The molecular weight excluding hydrogens is 286 g/mol. The fourth-order valence-corrected chi connectivity index (χ4v) is 3.88. The van der Waals surface area contributed by atoms with E-state index in [0.29, 0.717) is 0 Å². The zero-order valence-electron chi connectivity index (χ0n) is 12.3. The fourth-order valence-electron chi connectivity index (χ4n) is 2.73. The van der Waals surface area contributed by atoms with Gasteiger partial charge in [0.2, 0.25) is 0 Å². The molecule has 0 aliphatic carbocycles. The van der Waals surface area contributed by atoms with Crippen LogP contribution >= 0.6 is 11.3 Å². The highest BCUT2D eigenvalue weighted by Gasteiger charge is 2.12. The SMILES string of the molecule is Cc1c(-c2ccccc2)sc2ccc(-c3ccccc3)nc12. The molecule has 4 aromatic rings. The third-order valence-corrected chi connectivity index (χ3v) is 5.17. The van der Waals surface area contributed by atoms with Crippen molar-refractivity contribution in [2.24, 2.45) is 0 Å². The predicted octanol–water partition coefficient (Wildman–Crippen LogP) is 5.94. The standard InChI is InChI=1S/C20H15NS/c1-14-19-18(22-20(14)16-10-6-3-7-11-16)13-12-17(21-19)15-8-4-2-5-9-15/h2-13H,1H3. The molecule has 2 heterocycles. The maximum atomic E-state index is 4.90. The van der Waals surface area contributed by atoms with Gasteiger partial charge in [-0.15, -0.1) is 11.3 Å². The Labute approximate surface area is 133 Å². The second-order valence-electron chi connectivity index (χ2n) is 5.33. The molecule has 0 bridgehead atoms. The summed E-state index contributed by atoms with van der Waals surface area (Å²) in [4.78, 5) is 6.21. The Morgan fingerprint density at radius 3 is 2.05 bits per heavy atom. The van der Waals surface area contributed by atoms with E-state index < -0.39 is 0 Å². The number of aromatic nitrogens is 1. The van der Waals surface area contributed by atoms with Gasteiger partial charge in [0.25, 0.3) is 0 Å². The van der Waals surface area contributed by atoms with E-state index in [2.05, 4.69) is 73.7 Å². The molecule has 106 valence electrons. The predicted molar refractivity (Wildman–Crippen MR) is 95.2 cm³/mol. The van der Waals surface area contributed by atoms with Crippen LogP contribution in [0.25, 0.3) is 31.9 Å². The van der Waals surface area contributed by atoms with Gasteiger partial charge in [0.15, 0.2) is 0 Å². The van der Waals surface area contributed by atoms with Crippen LogP contribution < -0.4 is 0 Å². The van der Waals surface area contributed by atoms with Crippen molar-refractivity contribution in [2.45, 2.75) is 6.92 Å². The summed E-state index contributed by atoms with van der Waals surface area (Å²) in [6.07, 6.45) is 0. The number of thiophene rings is 1. The summed E-state index contributed by atoms with van der Waals surface area (Å²) in [7, 11) is 0. The van der Waals surface area contributed by atoms with E-state index in [-0.39, 0.29) is 0 Å². The molecule has 2 aromatic heterocycles. The molecule has 0 fully saturated rings. The number of hydrogen-bond donors (Lipinski definition) is 0. The van der Waals surface area contributed by atoms with Crippen molar-refractivity contribution in [3.8, 4) is 21.7 Å². The van der Waals surface area contributed by atoms with Crippen LogP contribution in [-0.4, -0.2) is 4.98 Å². The van der Waals surface area contributed by atoms with Gasteiger partial charge in [-0.2, -0.15) is 0 Å². The van der Waals surface area contributed by atoms with Crippen molar-refractivity contribution < 1.29 is 0 Å². The van der Waals surface area contributed by atoms with E-state index in [1.54, 1.807) is 0 Å². The van der Waals surface area contributed by atoms with Gasteiger partial charge in [0.1, 0.15) is 0 Å². The van der Waals surface area contributed by atoms with Crippen LogP contribution in [0, 0.1) is 6.92 Å². The second kappa shape index (κ2) is 5.39. The molecule has 0 radical (unpaired) electrons. The summed E-state index contributed by atoms with van der Waals surface area (Å²) < 4.78 is 1.25. The number of pyridine rings is 1. The first kappa shape index (κ1) is 13.2. The average Bonchev–Trinajstić information content (AvgIpc) is 2.93. The van der Waals surface area contributed by atoms with Gasteiger partial charge in [-0.05, 0) is 30.2 Å². The molecule has 22 heavy (non-hydrogen) atoms. The van der Waals surface area contributed by atoms with Crippen molar-refractivity contribution in [2.75, 3.05) is 0 Å². The van der Waals surface area contributed by atoms with Gasteiger partial charge in [0.05, 0.1) is 15.9 Å². The smallest absolute Gasteiger partial charge is 0.0852 e. The zero-order chi connectivity index (χ0) is 14.9. The third-order valence-electron chi connectivity index (χ3n) is 3.87. The number of nitrogens with zero attached hydrogens (tertiary/aromatic N) is 1. The van der Waals surface area contributed by atoms with Crippen LogP contribution in [0.2, 0.25) is 0 Å². The number of aryl methyl sites for hydroxylation is 1. The van der Waals surface area contributed by atoms with Crippen LogP contribution in [0.15, 0.2) is 72.8 Å². The van der Waals surface area contributed by atoms with E-state index in [1.165, 1.54) is 20.7 Å². The van der Waals surface area contributed by atoms with Crippen molar-refractivity contribution in [1.82, 2.24) is 4.98 Å². The molecule has 2 heteroatoms. The number of benzene rings is 2. The number of hydrogen-bond acceptors (Lipinski definition) is 2. The first-order valence-corrected chi connectivity index (χ1v) is 8.15. The highest BCUT2D eigenvalue weighted by molar-refractivity contribution is 7.22. The molecule has 0 aliphatic heterocycles. The molecule has 0 atom stereocenters. The maximum absolute atomic E-state index is 4.90. The monoisotopic (exact) mass is 301 g/mol. The normalized spacial score (nSPS) is 11.0. The van der Waals surface area contributed by atoms with Crippen LogP contribution in [0.1, 0.15) is 5.56 Å². The Bertz CT molecular complexity index is 924. The zero-order valence-corrected chi connectivity index (χ0v) is 13.1. The summed E-state index contributed by atoms with van der Waals surface area (Å²) in [6.45, 7) is 2.17. The lowest BCUT2D eigenvalue weighted by Crippen LogP contribution is -1.84. The van der Waals surface area contributed by atoms with Crippen LogP contribution in [0.3, 0.4) is 0 Å². The maximum Gasteiger partial charge on any atom is 0.0852 e. The summed E-state index contributed by atoms with van der Waals surface area (Å²) >= 11 is 1.82. The molecule has 0 amide bonds. The molecule has 2 aromatic carbocycles. The first-order chi connectivity index (χ1) is 10.8. The Balaban J connectivity index is 1.89. The minimum absolute atomic E-state index is 1.04. The van der Waals surface area contributed by atoms with Crippen molar-refractivity contribution in [3.63, 3.8) is 0 Å². The molecule has 0 unspecified atom stereocenters. The summed E-state index contributed by atoms with van der Waals surface area (Å²) in [6, 6.07) is 25.2. The topological polar surface area (TPSA) is 12.9 Å². The van der Waals surface area contributed by atoms with Gasteiger partial charge in [-0.1, -0.05) is 60.7 Å². The number of rotatable bonds is 2. The second-order valence-corrected chi connectivity index (χ2v) is 6.38. The van der Waals surface area contributed by atoms with Crippen molar-refractivity contribution in [3.05, 3.63) is 78.4 Å². The van der Waals surface area contributed by atoms with E-state index in [9.17, 15) is 0 Å². The minimum Gasteiger partial charge on any atom is -0.247 e. The lowest BCUT2D eigenvalue weighted by atomic mass is 10.1. The Morgan fingerprint density at radius 2 is 1.36 bits per heavy atom. The van der Waals surface area contributed by atoms with Gasteiger partial charge in [-0.3, -0.25) is 0 Å². The Morgan fingerprint density at radius 1 is 0.727 bits per heavy atom. The highest BCUT2D eigenvalue weighted by atomic mass is 32.1. The van der Waals surface area contributed by atoms with Crippen molar-refractivity contribution >= 4 is 21.6 Å². The Kier molecular flexibility index (Phi) is 3.24. The van der Waals surface area contributed by atoms with Gasteiger partial charge >= 0.3 is 0 Å². The third kappa shape index (κ3) is 2.22. The van der Waals surface area contributed by atoms with Crippen molar-refractivity contribution in [1.29, 1.82) is 0 Å². The molecule has 0 spiro atoms. The molecule has 4 rings (SSSR count). The number of fused-ring (bicyclic) bond motifs is 1. The molecule has 0 N–H and O–H groups in total. The summed E-state index contributed by atoms with van der Waals surface area (Å²) in [5, 5.41) is 0. The van der Waals surface area contributed by atoms with E-state index in [0.717, 1.165) is 16.8 Å². The van der Waals surface area contributed by atoms with Crippen LogP contribution in [-0.2, 0) is 0 Å². The highest BCUT2D eigenvalue weighted by Crippen LogP contribution is 2.38. The van der Waals surface area contributed by atoms with Gasteiger partial charge < -0.3 is 0 Å². The largest absolute Gasteiger partial charge is 0.247 e. The first-order valence-electron chi connectivity index (χ1n) is 7.34.